The molecule has 0 fully saturated rings. The number of hydrogen-bond donors (Lipinski definition) is 0. The summed E-state index contributed by atoms with van der Waals surface area (Å²) in [7, 11) is 0. The summed E-state index contributed by atoms with van der Waals surface area (Å²) < 4.78 is 0. The first-order valence-corrected chi connectivity index (χ1v) is 4.77. The normalized spacial score (nSPS) is 11.2. The average Bonchev–Trinajstić information content (AvgIpc) is 2.11. The highest BCUT2D eigenvalue weighted by atomic mass is 16.1. The van der Waals surface area contributed by atoms with Gasteiger partial charge in [0, 0.05) is 12.8 Å². The lowest BCUT2D eigenvalue weighted by Gasteiger charge is -1.93. The van der Waals surface area contributed by atoms with Gasteiger partial charge in [-0.1, -0.05) is 43.9 Å². The van der Waals surface area contributed by atoms with Crippen LogP contribution in [0.15, 0.2) is 37.0 Å². The summed E-state index contributed by atoms with van der Waals surface area (Å²) in [4.78, 5) is 11.1. The number of ketones is 1. The van der Waals surface area contributed by atoms with Crippen molar-refractivity contribution in [1.82, 2.24) is 0 Å². The number of rotatable bonds is 7. The minimum atomic E-state index is 0.361. The van der Waals surface area contributed by atoms with Gasteiger partial charge in [0.1, 0.15) is 5.78 Å². The number of carbonyl (C=O) groups excluding carboxylic acids is 1. The second-order valence-electron chi connectivity index (χ2n) is 2.88. The fourth-order valence-corrected chi connectivity index (χ4v) is 0.966. The van der Waals surface area contributed by atoms with Gasteiger partial charge in [-0.05, 0) is 12.8 Å². The molecule has 0 aliphatic rings. The molecule has 0 saturated heterocycles. The van der Waals surface area contributed by atoms with Crippen LogP contribution in [0.1, 0.15) is 32.6 Å². The van der Waals surface area contributed by atoms with Gasteiger partial charge in [-0.2, -0.15) is 0 Å². The van der Waals surface area contributed by atoms with Crippen LogP contribution >= 0.6 is 0 Å². The number of carbonyl (C=O) groups is 1. The highest BCUT2D eigenvalue weighted by Gasteiger charge is 1.96. The Morgan fingerprint density at radius 3 is 2.62 bits per heavy atom. The second kappa shape index (κ2) is 8.98. The highest BCUT2D eigenvalue weighted by molar-refractivity contribution is 5.78. The maximum atomic E-state index is 11.1. The van der Waals surface area contributed by atoms with Crippen LogP contribution in [0.5, 0.6) is 0 Å². The van der Waals surface area contributed by atoms with Crippen LogP contribution in [0.3, 0.4) is 0 Å². The Morgan fingerprint density at radius 2 is 2.00 bits per heavy atom. The quantitative estimate of drug-likeness (QED) is 0.546. The van der Waals surface area contributed by atoms with Gasteiger partial charge < -0.3 is 0 Å². The van der Waals surface area contributed by atoms with E-state index in [-0.39, 0.29) is 0 Å². The first-order valence-electron chi connectivity index (χ1n) is 4.77. The van der Waals surface area contributed by atoms with Gasteiger partial charge in [-0.3, -0.25) is 4.79 Å². The van der Waals surface area contributed by atoms with Gasteiger partial charge in [-0.15, -0.1) is 0 Å². The van der Waals surface area contributed by atoms with Crippen molar-refractivity contribution in [2.45, 2.75) is 32.6 Å². The van der Waals surface area contributed by atoms with Gasteiger partial charge in [0.25, 0.3) is 0 Å². The molecule has 13 heavy (non-hydrogen) atoms. The van der Waals surface area contributed by atoms with Crippen molar-refractivity contribution in [3.05, 3.63) is 37.0 Å². The Bertz CT molecular complexity index is 199. The van der Waals surface area contributed by atoms with Crippen molar-refractivity contribution in [3.63, 3.8) is 0 Å². The molecule has 0 aliphatic carbocycles. The van der Waals surface area contributed by atoms with Crippen LogP contribution in [0.25, 0.3) is 0 Å². The molecule has 0 aromatic rings. The molecule has 0 rings (SSSR count). The van der Waals surface area contributed by atoms with E-state index in [4.69, 9.17) is 0 Å². The molecule has 0 atom stereocenters. The lowest BCUT2D eigenvalue weighted by atomic mass is 10.1. The van der Waals surface area contributed by atoms with Crippen LogP contribution in [0.2, 0.25) is 0 Å². The van der Waals surface area contributed by atoms with Crippen LogP contribution in [-0.4, -0.2) is 5.78 Å². The Balaban J connectivity index is 3.43. The lowest BCUT2D eigenvalue weighted by Crippen LogP contribution is -1.94. The van der Waals surface area contributed by atoms with Gasteiger partial charge in [0.2, 0.25) is 0 Å². The highest BCUT2D eigenvalue weighted by Crippen LogP contribution is 1.98. The zero-order valence-electron chi connectivity index (χ0n) is 8.33. The topological polar surface area (TPSA) is 17.1 Å². The van der Waals surface area contributed by atoms with Gasteiger partial charge in [0.15, 0.2) is 0 Å². The van der Waals surface area contributed by atoms with Crippen LogP contribution in [0, 0.1) is 0 Å². The summed E-state index contributed by atoms with van der Waals surface area (Å²) in [5.41, 5.74) is 0. The molecule has 0 radical (unpaired) electrons. The van der Waals surface area contributed by atoms with E-state index in [1.807, 2.05) is 31.2 Å². The first-order chi connectivity index (χ1) is 6.31. The predicted octanol–water partition coefficient (Wildman–Crippen LogP) is 3.43. The average molecular weight is 178 g/mol. The minimum Gasteiger partial charge on any atom is -0.300 e. The standard InChI is InChI=1S/C12H18O/c1-3-5-6-7-8-9-11-12(13)10-4-2/h3,5-8H,1,4,9-11H2,2H3/b6-5+,8-7+. The summed E-state index contributed by atoms with van der Waals surface area (Å²) in [6.45, 7) is 5.58. The molecule has 0 spiro atoms. The van der Waals surface area contributed by atoms with E-state index >= 15 is 0 Å². The molecule has 1 heteroatoms. The molecule has 0 aromatic carbocycles. The summed E-state index contributed by atoms with van der Waals surface area (Å²) in [6.07, 6.45) is 12.7. The summed E-state index contributed by atoms with van der Waals surface area (Å²) in [6, 6.07) is 0. The fourth-order valence-electron chi connectivity index (χ4n) is 0.966. The molecule has 0 amide bonds. The molecule has 0 saturated carbocycles. The van der Waals surface area contributed by atoms with Gasteiger partial charge in [0.05, 0.1) is 0 Å². The third kappa shape index (κ3) is 8.80. The van der Waals surface area contributed by atoms with Crippen molar-refractivity contribution in [1.29, 1.82) is 0 Å². The summed E-state index contributed by atoms with van der Waals surface area (Å²) in [5.74, 6) is 0.361. The largest absolute Gasteiger partial charge is 0.300 e. The van der Waals surface area contributed by atoms with E-state index in [0.717, 1.165) is 19.3 Å². The van der Waals surface area contributed by atoms with E-state index < -0.39 is 0 Å². The molecular weight excluding hydrogens is 160 g/mol. The van der Waals surface area contributed by atoms with E-state index in [1.165, 1.54) is 0 Å². The molecule has 1 nitrogen and oxygen atoms in total. The molecule has 0 bridgehead atoms. The molecule has 0 aliphatic heterocycles. The molecular formula is C12H18O. The Hall–Kier alpha value is -1.11. The maximum Gasteiger partial charge on any atom is 0.133 e. The fraction of sp³-hybridized carbons (Fsp3) is 0.417. The lowest BCUT2D eigenvalue weighted by molar-refractivity contribution is -0.119. The first kappa shape index (κ1) is 11.9. The van der Waals surface area contributed by atoms with Crippen molar-refractivity contribution in [3.8, 4) is 0 Å². The molecule has 0 N–H and O–H groups in total. The zero-order chi connectivity index (χ0) is 9.94. The van der Waals surface area contributed by atoms with E-state index in [9.17, 15) is 4.79 Å². The predicted molar refractivity (Wildman–Crippen MR) is 57.6 cm³/mol. The van der Waals surface area contributed by atoms with Crippen LogP contribution in [-0.2, 0) is 4.79 Å². The van der Waals surface area contributed by atoms with Gasteiger partial charge in [-0.25, -0.2) is 0 Å². The van der Waals surface area contributed by atoms with Crippen LogP contribution < -0.4 is 0 Å². The number of Topliss-reactive ketones (excluding diaryl/α,β-unsaturated/α-hetero) is 1. The third-order valence-corrected chi connectivity index (χ3v) is 1.61. The third-order valence-electron chi connectivity index (χ3n) is 1.61. The summed E-state index contributed by atoms with van der Waals surface area (Å²) >= 11 is 0. The SMILES string of the molecule is C=C/C=C/C=C/CCC(=O)CCC. The monoisotopic (exact) mass is 178 g/mol. The number of allylic oxidation sites excluding steroid dienone is 5. The number of hydrogen-bond acceptors (Lipinski definition) is 1. The Kier molecular flexibility index (Phi) is 8.21. The van der Waals surface area contributed by atoms with Crippen molar-refractivity contribution < 1.29 is 4.79 Å². The van der Waals surface area contributed by atoms with Crippen molar-refractivity contribution >= 4 is 5.78 Å². The molecule has 0 aromatic heterocycles. The summed E-state index contributed by atoms with van der Waals surface area (Å²) in [5, 5.41) is 0. The van der Waals surface area contributed by atoms with Crippen molar-refractivity contribution in [2.75, 3.05) is 0 Å². The molecule has 0 heterocycles. The van der Waals surface area contributed by atoms with E-state index in [0.29, 0.717) is 12.2 Å². The minimum absolute atomic E-state index is 0.361. The van der Waals surface area contributed by atoms with Crippen molar-refractivity contribution in [2.24, 2.45) is 0 Å². The Labute approximate surface area is 80.8 Å². The molecule has 0 unspecified atom stereocenters. The van der Waals surface area contributed by atoms with E-state index in [1.54, 1.807) is 6.08 Å². The maximum absolute atomic E-state index is 11.1. The van der Waals surface area contributed by atoms with E-state index in [2.05, 4.69) is 6.58 Å². The zero-order valence-corrected chi connectivity index (χ0v) is 8.33. The Morgan fingerprint density at radius 1 is 1.23 bits per heavy atom. The smallest absolute Gasteiger partial charge is 0.133 e. The molecule has 72 valence electrons. The van der Waals surface area contributed by atoms with Crippen LogP contribution in [0.4, 0.5) is 0 Å². The second-order valence-corrected chi connectivity index (χ2v) is 2.88. The van der Waals surface area contributed by atoms with Gasteiger partial charge >= 0.3 is 0 Å².